The number of hydrogen-bond donors (Lipinski definition) is 1. The number of nitrogens with zero attached hydrogens (tertiary/aromatic N) is 1. The molecule has 0 radical (unpaired) electrons. The lowest BCUT2D eigenvalue weighted by Gasteiger charge is -2.22. The van der Waals surface area contributed by atoms with Gasteiger partial charge < -0.3 is 10.1 Å². The highest BCUT2D eigenvalue weighted by Crippen LogP contribution is 2.22. The van der Waals surface area contributed by atoms with Crippen LogP contribution in [0.25, 0.3) is 10.8 Å². The number of aromatic nitrogens is 1. The maximum Gasteiger partial charge on any atom is 0.407 e. The highest BCUT2D eigenvalue weighted by atomic mass is 19.1. The van der Waals surface area contributed by atoms with E-state index in [2.05, 4.69) is 10.3 Å². The number of ketones is 1. The molecule has 6 heteroatoms. The zero-order valence-electron chi connectivity index (χ0n) is 18.0. The fraction of sp³-hybridized carbons (Fsp3) is 0.320. The van der Waals surface area contributed by atoms with Gasteiger partial charge in [-0.05, 0) is 55.5 Å². The van der Waals surface area contributed by atoms with Gasteiger partial charge in [-0.15, -0.1) is 0 Å². The van der Waals surface area contributed by atoms with E-state index >= 15 is 0 Å². The van der Waals surface area contributed by atoms with Crippen molar-refractivity contribution >= 4 is 22.6 Å². The molecular weight excluding hydrogens is 395 g/mol. The zero-order valence-corrected chi connectivity index (χ0v) is 18.0. The minimum Gasteiger partial charge on any atom is -0.444 e. The van der Waals surface area contributed by atoms with Crippen LogP contribution in [0, 0.1) is 5.82 Å². The van der Waals surface area contributed by atoms with E-state index in [1.165, 1.54) is 12.1 Å². The van der Waals surface area contributed by atoms with Crippen molar-refractivity contribution in [3.8, 4) is 0 Å². The normalized spacial score (nSPS) is 12.4. The molecule has 3 rings (SSSR count). The van der Waals surface area contributed by atoms with Crippen LogP contribution in [0.2, 0.25) is 0 Å². The molecule has 5 nitrogen and oxygen atoms in total. The summed E-state index contributed by atoms with van der Waals surface area (Å²) in [5.74, 6) is -0.599. The molecule has 3 aromatic rings. The van der Waals surface area contributed by atoms with E-state index in [-0.39, 0.29) is 36.9 Å². The molecule has 2 aromatic carbocycles. The Morgan fingerprint density at radius 1 is 1.06 bits per heavy atom. The first-order valence-electron chi connectivity index (χ1n) is 10.3. The number of carbonyl (C=O) groups excluding carboxylic acids is 2. The van der Waals surface area contributed by atoms with Crippen molar-refractivity contribution < 1.29 is 18.7 Å². The third kappa shape index (κ3) is 6.88. The average molecular weight is 423 g/mol. The number of Topliss-reactive ketones (excluding diaryl/α,β-unsaturated/α-hetero) is 1. The number of amides is 1. The van der Waals surface area contributed by atoms with Gasteiger partial charge in [0.1, 0.15) is 17.2 Å². The number of rotatable bonds is 7. The molecule has 0 fully saturated rings. The predicted octanol–water partition coefficient (Wildman–Crippen LogP) is 5.18. The summed E-state index contributed by atoms with van der Waals surface area (Å²) in [5, 5.41) is 4.78. The van der Waals surface area contributed by atoms with Gasteiger partial charge in [0.25, 0.3) is 0 Å². The molecule has 162 valence electrons. The van der Waals surface area contributed by atoms with Gasteiger partial charge in [-0.2, -0.15) is 0 Å². The van der Waals surface area contributed by atoms with Gasteiger partial charge >= 0.3 is 6.09 Å². The van der Waals surface area contributed by atoms with Crippen LogP contribution in [0.4, 0.5) is 9.18 Å². The SMILES string of the molecule is CC(C)(C)OC(=O)NCC(CC(=O)Cc1ccc2cnccc2c1)c1ccc(F)cc1. The van der Waals surface area contributed by atoms with Crippen LogP contribution in [0.5, 0.6) is 0 Å². The second-order valence-corrected chi connectivity index (χ2v) is 8.61. The smallest absolute Gasteiger partial charge is 0.407 e. The van der Waals surface area contributed by atoms with Crippen LogP contribution in [-0.2, 0) is 16.0 Å². The summed E-state index contributed by atoms with van der Waals surface area (Å²) in [6.45, 7) is 5.57. The molecule has 0 spiro atoms. The summed E-state index contributed by atoms with van der Waals surface area (Å²) in [6, 6.07) is 13.8. The van der Waals surface area contributed by atoms with E-state index in [0.29, 0.717) is 0 Å². The Hall–Kier alpha value is -3.28. The second-order valence-electron chi connectivity index (χ2n) is 8.61. The predicted molar refractivity (Wildman–Crippen MR) is 118 cm³/mol. The van der Waals surface area contributed by atoms with Gasteiger partial charge in [-0.3, -0.25) is 9.78 Å². The van der Waals surface area contributed by atoms with Gasteiger partial charge in [0, 0.05) is 43.1 Å². The third-order valence-corrected chi connectivity index (χ3v) is 4.81. The summed E-state index contributed by atoms with van der Waals surface area (Å²) in [6.07, 6.45) is 3.46. The van der Waals surface area contributed by atoms with Crippen LogP contribution < -0.4 is 5.32 Å². The van der Waals surface area contributed by atoms with Crippen LogP contribution in [0.1, 0.15) is 44.2 Å². The topological polar surface area (TPSA) is 68.3 Å². The van der Waals surface area contributed by atoms with Crippen LogP contribution in [0.3, 0.4) is 0 Å². The van der Waals surface area contributed by atoms with Crippen LogP contribution in [-0.4, -0.2) is 29.0 Å². The molecule has 0 saturated carbocycles. The van der Waals surface area contributed by atoms with Gasteiger partial charge in [-0.25, -0.2) is 9.18 Å². The zero-order chi connectivity index (χ0) is 22.4. The Bertz CT molecular complexity index is 1060. The molecule has 0 aliphatic carbocycles. The summed E-state index contributed by atoms with van der Waals surface area (Å²) in [4.78, 5) is 29.0. The van der Waals surface area contributed by atoms with E-state index in [9.17, 15) is 14.0 Å². The van der Waals surface area contributed by atoms with Crippen molar-refractivity contribution in [2.24, 2.45) is 0 Å². The number of halogens is 1. The lowest BCUT2D eigenvalue weighted by Crippen LogP contribution is -2.35. The number of nitrogens with one attached hydrogen (secondary N) is 1. The summed E-state index contributed by atoms with van der Waals surface area (Å²) in [7, 11) is 0. The Labute approximate surface area is 181 Å². The van der Waals surface area contributed by atoms with Crippen LogP contribution >= 0.6 is 0 Å². The van der Waals surface area contributed by atoms with Crippen molar-refractivity contribution in [3.63, 3.8) is 0 Å². The minimum atomic E-state index is -0.614. The van der Waals surface area contributed by atoms with E-state index in [0.717, 1.165) is 21.9 Å². The Morgan fingerprint density at radius 3 is 2.52 bits per heavy atom. The maximum atomic E-state index is 13.4. The molecule has 1 N–H and O–H groups in total. The van der Waals surface area contributed by atoms with Crippen molar-refractivity contribution in [3.05, 3.63) is 77.9 Å². The van der Waals surface area contributed by atoms with Crippen molar-refractivity contribution in [1.82, 2.24) is 10.3 Å². The van der Waals surface area contributed by atoms with Crippen LogP contribution in [0.15, 0.2) is 60.9 Å². The van der Waals surface area contributed by atoms with E-state index in [1.54, 1.807) is 45.3 Å². The Morgan fingerprint density at radius 2 is 1.81 bits per heavy atom. The highest BCUT2D eigenvalue weighted by molar-refractivity contribution is 5.86. The fourth-order valence-corrected chi connectivity index (χ4v) is 3.38. The molecule has 1 amide bonds. The van der Waals surface area contributed by atoms with E-state index in [1.807, 2.05) is 24.3 Å². The minimum absolute atomic E-state index is 0.0359. The molecule has 0 aliphatic heterocycles. The number of fused-ring (bicyclic) bond motifs is 1. The quantitative estimate of drug-likeness (QED) is 0.569. The second kappa shape index (κ2) is 9.69. The van der Waals surface area contributed by atoms with Crippen molar-refractivity contribution in [2.75, 3.05) is 6.54 Å². The number of ether oxygens (including phenoxy) is 1. The molecule has 0 saturated heterocycles. The Kier molecular flexibility index (Phi) is 7.00. The molecule has 0 bridgehead atoms. The van der Waals surface area contributed by atoms with Gasteiger partial charge in [0.15, 0.2) is 0 Å². The standard InChI is InChI=1S/C25H27FN2O3/c1-25(2,3)31-24(30)28-16-21(18-6-8-22(26)9-7-18)14-23(29)13-17-4-5-20-15-27-11-10-19(20)12-17/h4-12,15,21H,13-14,16H2,1-3H3,(H,28,30). The highest BCUT2D eigenvalue weighted by Gasteiger charge is 2.20. The molecular formula is C25H27FN2O3. The van der Waals surface area contributed by atoms with Gasteiger partial charge in [0.05, 0.1) is 0 Å². The summed E-state index contributed by atoms with van der Waals surface area (Å²) >= 11 is 0. The molecule has 1 unspecified atom stereocenters. The molecule has 0 aliphatic rings. The monoisotopic (exact) mass is 422 g/mol. The Balaban J connectivity index is 1.69. The van der Waals surface area contributed by atoms with E-state index < -0.39 is 11.7 Å². The molecule has 1 aromatic heterocycles. The number of carbonyl (C=O) groups is 2. The summed E-state index contributed by atoms with van der Waals surface area (Å²) < 4.78 is 18.7. The number of hydrogen-bond acceptors (Lipinski definition) is 4. The first kappa shape index (κ1) is 22.4. The van der Waals surface area contributed by atoms with Crippen molar-refractivity contribution in [1.29, 1.82) is 0 Å². The van der Waals surface area contributed by atoms with Gasteiger partial charge in [-0.1, -0.05) is 30.3 Å². The summed E-state index contributed by atoms with van der Waals surface area (Å²) in [5.41, 5.74) is 1.09. The van der Waals surface area contributed by atoms with E-state index in [4.69, 9.17) is 4.74 Å². The van der Waals surface area contributed by atoms with Gasteiger partial charge in [0.2, 0.25) is 0 Å². The molecule has 1 heterocycles. The number of alkyl carbamates (subject to hydrolysis) is 1. The molecule has 1 atom stereocenters. The maximum absolute atomic E-state index is 13.4. The lowest BCUT2D eigenvalue weighted by molar-refractivity contribution is -0.118. The lowest BCUT2D eigenvalue weighted by atomic mass is 9.91. The number of benzene rings is 2. The largest absolute Gasteiger partial charge is 0.444 e. The molecule has 31 heavy (non-hydrogen) atoms. The van der Waals surface area contributed by atoms with Crippen molar-refractivity contribution in [2.45, 2.75) is 45.1 Å². The average Bonchev–Trinajstić information content (AvgIpc) is 2.70. The number of pyridine rings is 1. The first-order valence-corrected chi connectivity index (χ1v) is 10.3. The first-order chi connectivity index (χ1) is 14.7. The fourth-order valence-electron chi connectivity index (χ4n) is 3.38. The third-order valence-electron chi connectivity index (χ3n) is 4.81.